The van der Waals surface area contributed by atoms with Crippen molar-refractivity contribution in [1.82, 2.24) is 16.0 Å². The Morgan fingerprint density at radius 3 is 2.31 bits per heavy atom. The fourth-order valence-corrected chi connectivity index (χ4v) is 2.51. The molecule has 5 nitrogen and oxygen atoms in total. The molecule has 0 aromatic carbocycles. The summed E-state index contributed by atoms with van der Waals surface area (Å²) >= 11 is 0. The zero-order chi connectivity index (χ0) is 12.0. The van der Waals surface area contributed by atoms with Crippen molar-refractivity contribution in [3.8, 4) is 0 Å². The molecular weight excluding hydrogens is 202 g/mol. The molecular formula is C11H27N5. The number of hydrogen-bond donors (Lipinski definition) is 5. The van der Waals surface area contributed by atoms with Crippen molar-refractivity contribution < 1.29 is 0 Å². The first-order valence-electron chi connectivity index (χ1n) is 6.32. The van der Waals surface area contributed by atoms with E-state index in [1.165, 1.54) is 32.1 Å². The maximum absolute atomic E-state index is 5.49. The Morgan fingerprint density at radius 2 is 1.81 bits per heavy atom. The largest absolute Gasteiger partial charge is 0.304 e. The summed E-state index contributed by atoms with van der Waals surface area (Å²) in [4.78, 5) is 0. The van der Waals surface area contributed by atoms with Crippen molar-refractivity contribution in [2.24, 2.45) is 17.4 Å². The van der Waals surface area contributed by atoms with Crippen molar-refractivity contribution in [2.75, 3.05) is 7.05 Å². The molecule has 0 aliphatic heterocycles. The number of rotatable bonds is 7. The molecule has 0 spiro atoms. The van der Waals surface area contributed by atoms with Gasteiger partial charge in [0.25, 0.3) is 0 Å². The van der Waals surface area contributed by atoms with E-state index >= 15 is 0 Å². The molecule has 1 aliphatic carbocycles. The first-order chi connectivity index (χ1) is 7.61. The van der Waals surface area contributed by atoms with Gasteiger partial charge >= 0.3 is 0 Å². The van der Waals surface area contributed by atoms with Crippen LogP contribution in [0.15, 0.2) is 0 Å². The van der Waals surface area contributed by atoms with Crippen molar-refractivity contribution >= 4 is 0 Å². The highest BCUT2D eigenvalue weighted by Gasteiger charge is 2.19. The lowest BCUT2D eigenvalue weighted by Gasteiger charge is -2.26. The van der Waals surface area contributed by atoms with Crippen LogP contribution >= 0.6 is 0 Å². The van der Waals surface area contributed by atoms with Gasteiger partial charge in [-0.3, -0.25) is 16.0 Å². The van der Waals surface area contributed by atoms with E-state index in [9.17, 15) is 0 Å². The highest BCUT2D eigenvalue weighted by atomic mass is 15.3. The molecule has 2 atom stereocenters. The van der Waals surface area contributed by atoms with Gasteiger partial charge in [-0.15, -0.1) is 0 Å². The normalized spacial score (nSPS) is 21.6. The van der Waals surface area contributed by atoms with Crippen LogP contribution in [0, 0.1) is 5.92 Å². The molecule has 1 fully saturated rings. The van der Waals surface area contributed by atoms with Crippen molar-refractivity contribution in [3.63, 3.8) is 0 Å². The third-order valence-electron chi connectivity index (χ3n) is 3.26. The minimum atomic E-state index is -0.497. The van der Waals surface area contributed by atoms with Gasteiger partial charge in [0.2, 0.25) is 0 Å². The maximum Gasteiger partial charge on any atom is 0.114 e. The molecule has 0 radical (unpaired) electrons. The van der Waals surface area contributed by atoms with E-state index in [-0.39, 0.29) is 6.29 Å². The predicted octanol–water partition coefficient (Wildman–Crippen LogP) is -0.162. The Bertz CT molecular complexity index is 179. The quantitative estimate of drug-likeness (QED) is 0.392. The molecule has 1 saturated carbocycles. The summed E-state index contributed by atoms with van der Waals surface area (Å²) in [7, 11) is 1.88. The lowest BCUT2D eigenvalue weighted by Crippen LogP contribution is -2.61. The maximum atomic E-state index is 5.49. The summed E-state index contributed by atoms with van der Waals surface area (Å²) < 4.78 is 0. The van der Waals surface area contributed by atoms with Crippen LogP contribution in [-0.2, 0) is 0 Å². The summed E-state index contributed by atoms with van der Waals surface area (Å²) in [6, 6.07) is 0.479. The standard InChI is InChI=1S/C11H27N5/c1-8(7-9-5-3-4-6-9)15-11(14-2)16-10(12)13/h8-11,14-16H,3-7,12-13H2,1-2H3. The third kappa shape index (κ3) is 5.23. The molecule has 16 heavy (non-hydrogen) atoms. The molecule has 1 rings (SSSR count). The second-order valence-electron chi connectivity index (χ2n) is 4.87. The number of nitrogens with one attached hydrogen (secondary N) is 3. The van der Waals surface area contributed by atoms with Gasteiger partial charge in [-0.25, -0.2) is 0 Å². The smallest absolute Gasteiger partial charge is 0.114 e. The van der Waals surface area contributed by atoms with Gasteiger partial charge in [0.05, 0.1) is 0 Å². The van der Waals surface area contributed by atoms with Crippen molar-refractivity contribution in [3.05, 3.63) is 0 Å². The Hall–Kier alpha value is -0.200. The zero-order valence-electron chi connectivity index (χ0n) is 10.5. The van der Waals surface area contributed by atoms with Crippen LogP contribution in [0.25, 0.3) is 0 Å². The van der Waals surface area contributed by atoms with Crippen molar-refractivity contribution in [1.29, 1.82) is 0 Å². The van der Waals surface area contributed by atoms with E-state index in [1.807, 2.05) is 7.05 Å². The average Bonchev–Trinajstić information content (AvgIpc) is 2.68. The van der Waals surface area contributed by atoms with Crippen molar-refractivity contribution in [2.45, 2.75) is 57.6 Å². The van der Waals surface area contributed by atoms with Gasteiger partial charge in [0.15, 0.2) is 0 Å². The second-order valence-corrected chi connectivity index (χ2v) is 4.87. The summed E-state index contributed by atoms with van der Waals surface area (Å²) in [5.41, 5.74) is 11.0. The van der Waals surface area contributed by atoms with E-state index in [1.54, 1.807) is 0 Å². The topological polar surface area (TPSA) is 88.1 Å². The summed E-state index contributed by atoms with van der Waals surface area (Å²) in [5, 5.41) is 9.57. The summed E-state index contributed by atoms with van der Waals surface area (Å²) in [5.74, 6) is 0.895. The van der Waals surface area contributed by atoms with Gasteiger partial charge in [0, 0.05) is 6.04 Å². The van der Waals surface area contributed by atoms with E-state index < -0.39 is 6.29 Å². The molecule has 0 bridgehead atoms. The average molecular weight is 229 g/mol. The number of hydrogen-bond acceptors (Lipinski definition) is 5. The first kappa shape index (κ1) is 13.9. The highest BCUT2D eigenvalue weighted by Crippen LogP contribution is 2.28. The monoisotopic (exact) mass is 229 g/mol. The fourth-order valence-electron chi connectivity index (χ4n) is 2.51. The molecule has 0 heterocycles. The lowest BCUT2D eigenvalue weighted by atomic mass is 9.99. The number of nitrogens with two attached hydrogens (primary N) is 2. The van der Waals surface area contributed by atoms with E-state index in [4.69, 9.17) is 11.5 Å². The summed E-state index contributed by atoms with van der Waals surface area (Å²) in [6.07, 6.45) is 6.30. The first-order valence-corrected chi connectivity index (χ1v) is 6.32. The van der Waals surface area contributed by atoms with Crippen LogP contribution in [0.2, 0.25) is 0 Å². The van der Waals surface area contributed by atoms with Crippen LogP contribution in [0.1, 0.15) is 39.0 Å². The lowest BCUT2D eigenvalue weighted by molar-refractivity contribution is 0.287. The predicted molar refractivity (Wildman–Crippen MR) is 67.3 cm³/mol. The van der Waals surface area contributed by atoms with Gasteiger partial charge in [0.1, 0.15) is 12.6 Å². The third-order valence-corrected chi connectivity index (χ3v) is 3.26. The minimum Gasteiger partial charge on any atom is -0.304 e. The Balaban J connectivity index is 2.21. The van der Waals surface area contributed by atoms with E-state index in [2.05, 4.69) is 22.9 Å². The molecule has 5 heteroatoms. The zero-order valence-corrected chi connectivity index (χ0v) is 10.5. The summed E-state index contributed by atoms with van der Waals surface area (Å²) in [6.45, 7) is 2.21. The van der Waals surface area contributed by atoms with Crippen LogP contribution in [0.4, 0.5) is 0 Å². The van der Waals surface area contributed by atoms with E-state index in [0.717, 1.165) is 5.92 Å². The van der Waals surface area contributed by atoms with Gasteiger partial charge in [-0.1, -0.05) is 25.7 Å². The Kier molecular flexibility index (Phi) is 6.23. The Morgan fingerprint density at radius 1 is 1.19 bits per heavy atom. The SMILES string of the molecule is CNC(NC(N)N)NC(C)CC1CCCC1. The molecule has 2 unspecified atom stereocenters. The molecule has 0 aromatic rings. The highest BCUT2D eigenvalue weighted by molar-refractivity contribution is 4.75. The second kappa shape index (κ2) is 7.19. The molecule has 96 valence electrons. The minimum absolute atomic E-state index is 0.0172. The van der Waals surface area contributed by atoms with Crippen LogP contribution in [-0.4, -0.2) is 25.7 Å². The van der Waals surface area contributed by atoms with Gasteiger partial charge in [-0.05, 0) is 26.3 Å². The molecule has 7 N–H and O–H groups in total. The van der Waals surface area contributed by atoms with Gasteiger partial charge in [-0.2, -0.15) is 0 Å². The molecule has 0 saturated heterocycles. The molecule has 0 amide bonds. The fraction of sp³-hybridized carbons (Fsp3) is 1.00. The van der Waals surface area contributed by atoms with Crippen LogP contribution in [0.3, 0.4) is 0 Å². The van der Waals surface area contributed by atoms with Gasteiger partial charge < -0.3 is 11.5 Å². The molecule has 1 aliphatic rings. The Labute approximate surface area is 98.7 Å². The molecule has 0 aromatic heterocycles. The van der Waals surface area contributed by atoms with Crippen LogP contribution in [0.5, 0.6) is 0 Å². The van der Waals surface area contributed by atoms with Crippen LogP contribution < -0.4 is 27.4 Å². The van der Waals surface area contributed by atoms with E-state index in [0.29, 0.717) is 6.04 Å².